The van der Waals surface area contributed by atoms with Gasteiger partial charge >= 0.3 is 5.97 Å². The predicted octanol–water partition coefficient (Wildman–Crippen LogP) is 2.77. The Morgan fingerprint density at radius 2 is 2.33 bits per heavy atom. The largest absolute Gasteiger partial charge is 0.459 e. The molecule has 128 valence electrons. The van der Waals surface area contributed by atoms with Crippen molar-refractivity contribution in [1.29, 1.82) is 0 Å². The van der Waals surface area contributed by atoms with Gasteiger partial charge in [0.15, 0.2) is 11.3 Å². The number of carbonyl (C=O) groups excluding carboxylic acids is 1. The topological polar surface area (TPSA) is 98.7 Å². The molecule has 0 N–H and O–H groups in total. The zero-order chi connectivity index (χ0) is 17.1. The number of esters is 1. The number of likely N-dealkylation sites (tertiary alicyclic amines) is 1. The number of non-ortho nitro benzene ring substituents is 1. The lowest BCUT2D eigenvalue weighted by Crippen LogP contribution is -2.39. The third kappa shape index (κ3) is 3.38. The van der Waals surface area contributed by atoms with Crippen LogP contribution in [0, 0.1) is 10.1 Å². The highest BCUT2D eigenvalue weighted by atomic mass is 16.6. The van der Waals surface area contributed by atoms with Gasteiger partial charge in [-0.1, -0.05) is 11.6 Å². The predicted molar refractivity (Wildman–Crippen MR) is 85.8 cm³/mol. The molecule has 1 atom stereocenters. The second kappa shape index (κ2) is 6.96. The molecular formula is C16H19N3O5. The second-order valence-electron chi connectivity index (χ2n) is 5.99. The fourth-order valence-electron chi connectivity index (χ4n) is 3.00. The molecule has 1 aromatic carbocycles. The van der Waals surface area contributed by atoms with E-state index in [4.69, 9.17) is 9.26 Å². The minimum atomic E-state index is -0.577. The van der Waals surface area contributed by atoms with Crippen LogP contribution in [0.15, 0.2) is 22.7 Å². The SMILES string of the molecule is C[C@@H]1CCCCN1CCOC(=O)c1noc2cc([N+](=O)[O-])ccc12. The Morgan fingerprint density at radius 1 is 1.50 bits per heavy atom. The maximum absolute atomic E-state index is 12.2. The molecule has 8 heteroatoms. The summed E-state index contributed by atoms with van der Waals surface area (Å²) in [5.74, 6) is -0.577. The third-order valence-corrected chi connectivity index (χ3v) is 4.41. The Bertz CT molecular complexity index is 757. The van der Waals surface area contributed by atoms with E-state index < -0.39 is 10.9 Å². The molecule has 1 fully saturated rings. The van der Waals surface area contributed by atoms with Gasteiger partial charge in [0.25, 0.3) is 5.69 Å². The Kier molecular flexibility index (Phi) is 4.75. The second-order valence-corrected chi connectivity index (χ2v) is 5.99. The van der Waals surface area contributed by atoms with Crippen LogP contribution < -0.4 is 0 Å². The molecule has 0 aliphatic carbocycles. The van der Waals surface area contributed by atoms with Crippen LogP contribution in [0.1, 0.15) is 36.7 Å². The molecular weight excluding hydrogens is 314 g/mol. The van der Waals surface area contributed by atoms with E-state index in [1.165, 1.54) is 37.5 Å². The van der Waals surface area contributed by atoms with E-state index >= 15 is 0 Å². The Balaban J connectivity index is 1.62. The Labute approximate surface area is 138 Å². The molecule has 8 nitrogen and oxygen atoms in total. The summed E-state index contributed by atoms with van der Waals surface area (Å²) in [5, 5.41) is 14.9. The van der Waals surface area contributed by atoms with Crippen LogP contribution >= 0.6 is 0 Å². The molecule has 3 rings (SSSR count). The fourth-order valence-corrected chi connectivity index (χ4v) is 3.00. The van der Waals surface area contributed by atoms with Gasteiger partial charge in [0, 0.05) is 18.7 Å². The van der Waals surface area contributed by atoms with Crippen LogP contribution in [-0.4, -0.2) is 46.7 Å². The maximum Gasteiger partial charge on any atom is 0.361 e. The molecule has 0 unspecified atom stereocenters. The summed E-state index contributed by atoms with van der Waals surface area (Å²) in [6, 6.07) is 4.51. The molecule has 0 radical (unpaired) electrons. The number of nitro groups is 1. The summed E-state index contributed by atoms with van der Waals surface area (Å²) in [6.07, 6.45) is 3.58. The number of benzene rings is 1. The molecule has 0 bridgehead atoms. The lowest BCUT2D eigenvalue weighted by Gasteiger charge is -2.32. The standard InChI is InChI=1S/C16H19N3O5/c1-11-4-2-3-7-18(11)8-9-23-16(20)15-13-6-5-12(19(21)22)10-14(13)24-17-15/h5-6,10-11H,2-4,7-9H2,1H3/t11-/m1/s1. The van der Waals surface area contributed by atoms with E-state index in [1.807, 2.05) is 0 Å². The molecule has 1 aliphatic heterocycles. The van der Waals surface area contributed by atoms with E-state index in [2.05, 4.69) is 17.0 Å². The van der Waals surface area contributed by atoms with Crippen LogP contribution in [0.5, 0.6) is 0 Å². The summed E-state index contributed by atoms with van der Waals surface area (Å²) < 4.78 is 10.3. The minimum Gasteiger partial charge on any atom is -0.459 e. The summed E-state index contributed by atoms with van der Waals surface area (Å²) in [6.45, 7) is 4.17. The summed E-state index contributed by atoms with van der Waals surface area (Å²) in [5.41, 5.74) is 0.130. The van der Waals surface area contributed by atoms with Crippen LogP contribution in [0.4, 0.5) is 5.69 Å². The van der Waals surface area contributed by atoms with E-state index in [0.717, 1.165) is 6.54 Å². The number of ether oxygens (including phenoxy) is 1. The molecule has 0 spiro atoms. The first-order valence-corrected chi connectivity index (χ1v) is 8.01. The van der Waals surface area contributed by atoms with Crippen molar-refractivity contribution in [2.75, 3.05) is 19.7 Å². The van der Waals surface area contributed by atoms with Crippen molar-refractivity contribution in [2.24, 2.45) is 0 Å². The lowest BCUT2D eigenvalue weighted by atomic mass is 10.0. The lowest BCUT2D eigenvalue weighted by molar-refractivity contribution is -0.384. The average Bonchev–Trinajstić information content (AvgIpc) is 2.99. The first kappa shape index (κ1) is 16.4. The monoisotopic (exact) mass is 333 g/mol. The van der Waals surface area contributed by atoms with E-state index in [9.17, 15) is 14.9 Å². The number of hydrogen-bond donors (Lipinski definition) is 0. The van der Waals surface area contributed by atoms with Gasteiger partial charge in [0.2, 0.25) is 0 Å². The van der Waals surface area contributed by atoms with Crippen molar-refractivity contribution in [3.63, 3.8) is 0 Å². The van der Waals surface area contributed by atoms with E-state index in [0.29, 0.717) is 18.0 Å². The Hall–Kier alpha value is -2.48. The van der Waals surface area contributed by atoms with Crippen molar-refractivity contribution >= 4 is 22.6 Å². The first-order valence-electron chi connectivity index (χ1n) is 8.01. The zero-order valence-electron chi connectivity index (χ0n) is 13.4. The molecule has 2 heterocycles. The molecule has 2 aromatic rings. The zero-order valence-corrected chi connectivity index (χ0v) is 13.4. The number of hydrogen-bond acceptors (Lipinski definition) is 7. The van der Waals surface area contributed by atoms with Crippen LogP contribution in [0.3, 0.4) is 0 Å². The van der Waals surface area contributed by atoms with Crippen molar-refractivity contribution in [3.8, 4) is 0 Å². The smallest absolute Gasteiger partial charge is 0.361 e. The molecule has 24 heavy (non-hydrogen) atoms. The van der Waals surface area contributed by atoms with Crippen molar-refractivity contribution in [2.45, 2.75) is 32.2 Å². The van der Waals surface area contributed by atoms with Gasteiger partial charge in [0.05, 0.1) is 16.4 Å². The van der Waals surface area contributed by atoms with Crippen LogP contribution in [-0.2, 0) is 4.74 Å². The number of fused-ring (bicyclic) bond motifs is 1. The Morgan fingerprint density at radius 3 is 3.08 bits per heavy atom. The fraction of sp³-hybridized carbons (Fsp3) is 0.500. The number of nitrogens with zero attached hydrogens (tertiary/aromatic N) is 3. The molecule has 1 saturated heterocycles. The summed E-state index contributed by atoms with van der Waals surface area (Å²) in [7, 11) is 0. The van der Waals surface area contributed by atoms with Crippen LogP contribution in [0.25, 0.3) is 11.0 Å². The summed E-state index contributed by atoms with van der Waals surface area (Å²) >= 11 is 0. The van der Waals surface area contributed by atoms with Crippen molar-refractivity contribution in [1.82, 2.24) is 10.1 Å². The number of piperidine rings is 1. The summed E-state index contributed by atoms with van der Waals surface area (Å²) in [4.78, 5) is 24.7. The molecule has 1 aliphatic rings. The average molecular weight is 333 g/mol. The van der Waals surface area contributed by atoms with Gasteiger partial charge in [-0.25, -0.2) is 4.79 Å². The van der Waals surface area contributed by atoms with Gasteiger partial charge < -0.3 is 9.26 Å². The number of aromatic nitrogens is 1. The highest BCUT2D eigenvalue weighted by Crippen LogP contribution is 2.24. The van der Waals surface area contributed by atoms with Gasteiger partial charge in [-0.2, -0.15) is 0 Å². The van der Waals surface area contributed by atoms with Crippen molar-refractivity contribution < 1.29 is 19.0 Å². The van der Waals surface area contributed by atoms with Crippen molar-refractivity contribution in [3.05, 3.63) is 34.0 Å². The first-order chi connectivity index (χ1) is 11.6. The number of rotatable bonds is 5. The quantitative estimate of drug-likeness (QED) is 0.471. The van der Waals surface area contributed by atoms with Crippen LogP contribution in [0.2, 0.25) is 0 Å². The maximum atomic E-state index is 12.2. The third-order valence-electron chi connectivity index (χ3n) is 4.41. The highest BCUT2D eigenvalue weighted by molar-refractivity contribution is 6.01. The van der Waals surface area contributed by atoms with Gasteiger partial charge in [-0.05, 0) is 32.4 Å². The van der Waals surface area contributed by atoms with Gasteiger partial charge in [0.1, 0.15) is 6.61 Å². The minimum absolute atomic E-state index is 0.0478. The molecule has 0 amide bonds. The molecule has 1 aromatic heterocycles. The van der Waals surface area contributed by atoms with E-state index in [-0.39, 0.29) is 23.6 Å². The van der Waals surface area contributed by atoms with Gasteiger partial charge in [-0.15, -0.1) is 0 Å². The number of carbonyl (C=O) groups is 1. The van der Waals surface area contributed by atoms with E-state index in [1.54, 1.807) is 0 Å². The van der Waals surface area contributed by atoms with Gasteiger partial charge in [-0.3, -0.25) is 15.0 Å². The number of nitro benzene ring substituents is 1. The normalized spacial score (nSPS) is 18.6. The highest BCUT2D eigenvalue weighted by Gasteiger charge is 2.21. The molecule has 0 saturated carbocycles.